The molecule has 7 heteroatoms. The second-order valence-corrected chi connectivity index (χ2v) is 5.66. The van der Waals surface area contributed by atoms with E-state index in [0.29, 0.717) is 5.65 Å². The number of hydrogen-bond donors (Lipinski definition) is 2. The Kier molecular flexibility index (Phi) is 4.82. The number of aromatic nitrogens is 2. The van der Waals surface area contributed by atoms with Crippen LogP contribution in [0.4, 0.5) is 0 Å². The maximum Gasteiger partial charge on any atom is 0.343 e. The number of rotatable bonds is 5. The average Bonchev–Trinajstić information content (AvgIpc) is 2.55. The summed E-state index contributed by atoms with van der Waals surface area (Å²) in [6.07, 6.45) is 2.87. The summed E-state index contributed by atoms with van der Waals surface area (Å²) in [5, 5.41) is 19.5. The van der Waals surface area contributed by atoms with Gasteiger partial charge < -0.3 is 19.5 Å². The van der Waals surface area contributed by atoms with Crippen molar-refractivity contribution in [3.8, 4) is 0 Å². The number of ether oxygens (including phenoxy) is 1. The molecule has 0 bridgehead atoms. The molecule has 7 nitrogen and oxygen atoms in total. The Labute approximate surface area is 133 Å². The number of carbonyl (C=O) groups excluding carboxylic acids is 1. The Morgan fingerprint density at radius 3 is 2.61 bits per heavy atom. The number of nitrogens with zero attached hydrogens (tertiary/aromatic N) is 2. The highest BCUT2D eigenvalue weighted by Gasteiger charge is 2.29. The van der Waals surface area contributed by atoms with Crippen molar-refractivity contribution in [2.75, 3.05) is 19.8 Å². The van der Waals surface area contributed by atoms with Crippen molar-refractivity contribution in [1.29, 1.82) is 0 Å². The topological polar surface area (TPSA) is 102 Å². The van der Waals surface area contributed by atoms with Crippen LogP contribution >= 0.6 is 0 Å². The predicted molar refractivity (Wildman–Crippen MR) is 84.5 cm³/mol. The lowest BCUT2D eigenvalue weighted by Crippen LogP contribution is -2.40. The molecule has 0 aliphatic rings. The third-order valence-electron chi connectivity index (χ3n) is 3.74. The normalized spacial score (nSPS) is 11.7. The minimum Gasteiger partial charge on any atom is -0.462 e. The first-order chi connectivity index (χ1) is 10.9. The van der Waals surface area contributed by atoms with Crippen molar-refractivity contribution in [3.63, 3.8) is 0 Å². The van der Waals surface area contributed by atoms with Gasteiger partial charge in [-0.2, -0.15) is 0 Å². The Hall–Kier alpha value is -2.25. The number of aliphatic hydroxyl groups excluding tert-OH is 2. The standard InChI is InChI=1S/C16H20N2O5/c1-4-23-15(22)12-7-18(16(3,8-19)9-20)14-11(13(12)21)5-10(2)6-17-14/h5-7,19-20H,4,8-9H2,1-3H3. The Balaban J connectivity index is 2.88. The van der Waals surface area contributed by atoms with Gasteiger partial charge in [-0.1, -0.05) is 0 Å². The van der Waals surface area contributed by atoms with Crippen LogP contribution in [0.1, 0.15) is 29.8 Å². The molecule has 0 saturated heterocycles. The van der Waals surface area contributed by atoms with Gasteiger partial charge in [0.1, 0.15) is 11.2 Å². The first-order valence-corrected chi connectivity index (χ1v) is 7.29. The monoisotopic (exact) mass is 320 g/mol. The van der Waals surface area contributed by atoms with Gasteiger partial charge in [0.05, 0.1) is 30.7 Å². The van der Waals surface area contributed by atoms with Crippen LogP contribution in [0.25, 0.3) is 11.0 Å². The largest absolute Gasteiger partial charge is 0.462 e. The van der Waals surface area contributed by atoms with Crippen LogP contribution in [0.5, 0.6) is 0 Å². The minimum atomic E-state index is -1.12. The van der Waals surface area contributed by atoms with Crippen LogP contribution in [-0.4, -0.2) is 45.6 Å². The maximum absolute atomic E-state index is 12.6. The van der Waals surface area contributed by atoms with E-state index >= 15 is 0 Å². The quantitative estimate of drug-likeness (QED) is 0.782. The van der Waals surface area contributed by atoms with Gasteiger partial charge >= 0.3 is 5.97 Å². The van der Waals surface area contributed by atoms with E-state index < -0.39 is 16.9 Å². The molecule has 0 spiro atoms. The third kappa shape index (κ3) is 2.97. The van der Waals surface area contributed by atoms with Gasteiger partial charge in [-0.15, -0.1) is 0 Å². The van der Waals surface area contributed by atoms with Crippen LogP contribution < -0.4 is 5.43 Å². The summed E-state index contributed by atoms with van der Waals surface area (Å²) in [5.41, 5.74) is -0.699. The fourth-order valence-electron chi connectivity index (χ4n) is 2.28. The van der Waals surface area contributed by atoms with E-state index in [1.54, 1.807) is 33.0 Å². The van der Waals surface area contributed by atoms with Crippen LogP contribution in [0.15, 0.2) is 23.3 Å². The van der Waals surface area contributed by atoms with Gasteiger partial charge in [0.15, 0.2) is 0 Å². The van der Waals surface area contributed by atoms with Gasteiger partial charge in [-0.25, -0.2) is 9.78 Å². The molecule has 2 heterocycles. The summed E-state index contributed by atoms with van der Waals surface area (Å²) in [6, 6.07) is 1.62. The zero-order chi connectivity index (χ0) is 17.2. The smallest absolute Gasteiger partial charge is 0.343 e. The lowest BCUT2D eigenvalue weighted by atomic mass is 10.0. The molecule has 0 atom stereocenters. The summed E-state index contributed by atoms with van der Waals surface area (Å²) in [7, 11) is 0. The van der Waals surface area contributed by atoms with Crippen LogP contribution in [0, 0.1) is 6.92 Å². The lowest BCUT2D eigenvalue weighted by molar-refractivity contribution is 0.0518. The van der Waals surface area contributed by atoms with E-state index in [9.17, 15) is 19.8 Å². The summed E-state index contributed by atoms with van der Waals surface area (Å²) < 4.78 is 6.38. The molecule has 0 saturated carbocycles. The highest BCUT2D eigenvalue weighted by atomic mass is 16.5. The van der Waals surface area contributed by atoms with Crippen molar-refractivity contribution in [3.05, 3.63) is 39.8 Å². The van der Waals surface area contributed by atoms with Crippen molar-refractivity contribution < 1.29 is 19.7 Å². The first-order valence-electron chi connectivity index (χ1n) is 7.29. The number of pyridine rings is 2. The molecule has 0 aliphatic heterocycles. The molecular formula is C16H20N2O5. The Morgan fingerprint density at radius 2 is 2.04 bits per heavy atom. The minimum absolute atomic E-state index is 0.139. The first kappa shape index (κ1) is 17.1. The van der Waals surface area contributed by atoms with Gasteiger partial charge in [0.25, 0.3) is 0 Å². The molecule has 2 N–H and O–H groups in total. The van der Waals surface area contributed by atoms with E-state index in [0.717, 1.165) is 5.56 Å². The summed E-state index contributed by atoms with van der Waals surface area (Å²) >= 11 is 0. The molecule has 0 radical (unpaired) electrons. The van der Waals surface area contributed by atoms with Crippen LogP contribution in [0.3, 0.4) is 0 Å². The van der Waals surface area contributed by atoms with Gasteiger partial charge in [-0.05, 0) is 32.4 Å². The number of esters is 1. The Bertz CT molecular complexity index is 793. The summed E-state index contributed by atoms with van der Waals surface area (Å²) in [4.78, 5) is 28.9. The molecule has 2 aromatic heterocycles. The lowest BCUT2D eigenvalue weighted by Gasteiger charge is -2.30. The second kappa shape index (κ2) is 6.47. The molecule has 23 heavy (non-hydrogen) atoms. The van der Waals surface area contributed by atoms with Crippen LogP contribution in [-0.2, 0) is 10.3 Å². The number of carbonyl (C=O) groups is 1. The highest BCUT2D eigenvalue weighted by molar-refractivity contribution is 5.93. The van der Waals surface area contributed by atoms with Crippen molar-refractivity contribution in [1.82, 2.24) is 9.55 Å². The molecule has 0 amide bonds. The Morgan fingerprint density at radius 1 is 1.39 bits per heavy atom. The zero-order valence-electron chi connectivity index (χ0n) is 13.4. The average molecular weight is 320 g/mol. The van der Waals surface area contributed by atoms with Crippen LogP contribution in [0.2, 0.25) is 0 Å². The number of aryl methyl sites for hydroxylation is 1. The van der Waals surface area contributed by atoms with E-state index in [1.165, 1.54) is 10.8 Å². The fraction of sp³-hybridized carbons (Fsp3) is 0.438. The molecule has 2 aromatic rings. The molecule has 0 aromatic carbocycles. The van der Waals surface area contributed by atoms with Gasteiger partial charge in [0, 0.05) is 12.4 Å². The summed E-state index contributed by atoms with van der Waals surface area (Å²) in [5.74, 6) is -0.743. The maximum atomic E-state index is 12.6. The fourth-order valence-corrected chi connectivity index (χ4v) is 2.28. The molecule has 0 fully saturated rings. The third-order valence-corrected chi connectivity index (χ3v) is 3.74. The van der Waals surface area contributed by atoms with Gasteiger partial charge in [-0.3, -0.25) is 4.79 Å². The number of fused-ring (bicyclic) bond motifs is 1. The number of aliphatic hydroxyl groups is 2. The molecule has 0 aliphatic carbocycles. The van der Waals surface area contributed by atoms with E-state index in [1.807, 2.05) is 0 Å². The van der Waals surface area contributed by atoms with Crippen molar-refractivity contribution in [2.45, 2.75) is 26.3 Å². The molecule has 0 unspecified atom stereocenters. The van der Waals surface area contributed by atoms with E-state index in [4.69, 9.17) is 4.74 Å². The zero-order valence-corrected chi connectivity index (χ0v) is 13.4. The second-order valence-electron chi connectivity index (χ2n) is 5.66. The number of hydrogen-bond acceptors (Lipinski definition) is 6. The van der Waals surface area contributed by atoms with E-state index in [2.05, 4.69) is 4.98 Å². The van der Waals surface area contributed by atoms with Crippen molar-refractivity contribution >= 4 is 17.0 Å². The SMILES string of the molecule is CCOC(=O)c1cn(C(C)(CO)CO)c2ncc(C)cc2c1=O. The molecule has 2 rings (SSSR count). The molecular weight excluding hydrogens is 300 g/mol. The van der Waals surface area contributed by atoms with Gasteiger partial charge in [0.2, 0.25) is 5.43 Å². The van der Waals surface area contributed by atoms with E-state index in [-0.39, 0.29) is 30.8 Å². The molecule has 124 valence electrons. The predicted octanol–water partition coefficient (Wildman–Crippen LogP) is 0.581. The van der Waals surface area contributed by atoms with Crippen molar-refractivity contribution in [2.24, 2.45) is 0 Å². The summed E-state index contributed by atoms with van der Waals surface area (Å²) in [6.45, 7) is 4.39. The highest BCUT2D eigenvalue weighted by Crippen LogP contribution is 2.21.